The summed E-state index contributed by atoms with van der Waals surface area (Å²) < 4.78 is 15.9. The fourth-order valence-electron chi connectivity index (χ4n) is 4.26. The average Bonchev–Trinajstić information content (AvgIpc) is 2.85. The van der Waals surface area contributed by atoms with Crippen molar-refractivity contribution in [1.29, 1.82) is 0 Å². The highest BCUT2D eigenvalue weighted by atomic mass is 19.1. The van der Waals surface area contributed by atoms with Crippen molar-refractivity contribution in [3.05, 3.63) is 81.8 Å². The van der Waals surface area contributed by atoms with Crippen molar-refractivity contribution in [1.82, 2.24) is 5.32 Å². The highest BCUT2D eigenvalue weighted by molar-refractivity contribution is 5.94. The summed E-state index contributed by atoms with van der Waals surface area (Å²) in [5.74, 6) is -0.409. The van der Waals surface area contributed by atoms with Crippen LogP contribution in [0.25, 0.3) is 0 Å². The van der Waals surface area contributed by atoms with Crippen LogP contribution >= 0.6 is 0 Å². The molecule has 2 aromatic carbocycles. The standard InChI is InChI=1S/C28H35FN2O.C2H6/c1-6-21(7-2)17-31-28(32)24-13-9-12-23(27(24)29)26(25-15-14-18(3)16-30-25)22-11-8-10-19(4)20(22)5;1-2/h8-13,15-16,18,21,26H,6-7,14,17H2,1-5H3,(H,31,32);1-2H3. The summed E-state index contributed by atoms with van der Waals surface area (Å²) in [4.78, 5) is 17.6. The van der Waals surface area contributed by atoms with Crippen LogP contribution in [0, 0.1) is 31.5 Å². The summed E-state index contributed by atoms with van der Waals surface area (Å²) in [6, 6.07) is 11.2. The van der Waals surface area contributed by atoms with Crippen LogP contribution in [0.4, 0.5) is 4.39 Å². The van der Waals surface area contributed by atoms with Gasteiger partial charge in [-0.05, 0) is 54.9 Å². The first-order chi connectivity index (χ1) is 16.4. The molecule has 2 aromatic rings. The normalized spacial score (nSPS) is 15.9. The number of aliphatic imine (C=N–C) groups is 1. The number of rotatable bonds is 8. The first-order valence-electron chi connectivity index (χ1n) is 12.7. The van der Waals surface area contributed by atoms with E-state index in [0.717, 1.165) is 41.6 Å². The van der Waals surface area contributed by atoms with Gasteiger partial charge in [0, 0.05) is 24.0 Å². The van der Waals surface area contributed by atoms with Crippen LogP contribution in [0.2, 0.25) is 0 Å². The second kappa shape index (κ2) is 13.2. The number of hydrogen-bond acceptors (Lipinski definition) is 2. The molecule has 0 bridgehead atoms. The van der Waals surface area contributed by atoms with Gasteiger partial charge in [-0.3, -0.25) is 9.79 Å². The van der Waals surface area contributed by atoms with E-state index in [1.54, 1.807) is 18.2 Å². The molecule has 1 aliphatic heterocycles. The molecule has 3 rings (SSSR count). The predicted molar refractivity (Wildman–Crippen MR) is 142 cm³/mol. The van der Waals surface area contributed by atoms with Crippen LogP contribution < -0.4 is 5.32 Å². The Labute approximate surface area is 205 Å². The zero-order valence-electron chi connectivity index (χ0n) is 21.9. The van der Waals surface area contributed by atoms with E-state index in [1.807, 2.05) is 32.2 Å². The molecular weight excluding hydrogens is 423 g/mol. The van der Waals surface area contributed by atoms with Crippen LogP contribution in [-0.2, 0) is 0 Å². The molecule has 1 amide bonds. The Morgan fingerprint density at radius 1 is 1.09 bits per heavy atom. The van der Waals surface area contributed by atoms with E-state index in [2.05, 4.69) is 52.1 Å². The minimum atomic E-state index is -0.463. The Kier molecular flexibility index (Phi) is 10.7. The van der Waals surface area contributed by atoms with Gasteiger partial charge in [-0.15, -0.1) is 0 Å². The maximum atomic E-state index is 15.9. The third-order valence-electron chi connectivity index (χ3n) is 6.72. The first kappa shape index (κ1) is 27.5. The Morgan fingerprint density at radius 2 is 1.74 bits per heavy atom. The lowest BCUT2D eigenvalue weighted by atomic mass is 9.82. The molecule has 3 nitrogen and oxygen atoms in total. The number of carbonyl (C=O) groups excluding carboxylic acids is 1. The van der Waals surface area contributed by atoms with E-state index in [1.165, 1.54) is 0 Å². The van der Waals surface area contributed by atoms with E-state index >= 15 is 4.39 Å². The van der Waals surface area contributed by atoms with Crippen LogP contribution in [0.3, 0.4) is 0 Å². The Morgan fingerprint density at radius 3 is 2.35 bits per heavy atom. The van der Waals surface area contributed by atoms with Crippen molar-refractivity contribution >= 4 is 12.1 Å². The fourth-order valence-corrected chi connectivity index (χ4v) is 4.26. The molecule has 0 spiro atoms. The molecule has 1 aliphatic rings. The molecule has 4 heteroatoms. The van der Waals surface area contributed by atoms with Crippen LogP contribution in [0.1, 0.15) is 92.4 Å². The number of nitrogens with zero attached hydrogens (tertiary/aromatic N) is 1. The van der Waals surface area contributed by atoms with Crippen molar-refractivity contribution in [3.8, 4) is 0 Å². The van der Waals surface area contributed by atoms with Crippen molar-refractivity contribution in [2.45, 2.75) is 73.6 Å². The molecular formula is C30H41FN2O. The molecule has 0 aliphatic carbocycles. The lowest BCUT2D eigenvalue weighted by molar-refractivity contribution is 0.0942. The first-order valence-corrected chi connectivity index (χ1v) is 12.7. The maximum absolute atomic E-state index is 15.9. The molecule has 0 saturated carbocycles. The molecule has 0 aromatic heterocycles. The third-order valence-corrected chi connectivity index (χ3v) is 6.72. The average molecular weight is 465 g/mol. The van der Waals surface area contributed by atoms with Gasteiger partial charge in [0.2, 0.25) is 0 Å². The molecule has 0 saturated heterocycles. The van der Waals surface area contributed by atoms with Crippen molar-refractivity contribution < 1.29 is 9.18 Å². The summed E-state index contributed by atoms with van der Waals surface area (Å²) in [5.41, 5.74) is 4.72. The lowest BCUT2D eigenvalue weighted by Crippen LogP contribution is -2.30. The topological polar surface area (TPSA) is 41.5 Å². The SMILES string of the molecule is CC.CCC(CC)CNC(=O)c1cccc(C(C2=CCC(C)C=N2)c2cccc(C)c2C)c1F. The zero-order valence-corrected chi connectivity index (χ0v) is 21.9. The van der Waals surface area contributed by atoms with Crippen molar-refractivity contribution in [2.75, 3.05) is 6.54 Å². The number of carbonyl (C=O) groups is 1. The van der Waals surface area contributed by atoms with Crippen LogP contribution in [-0.4, -0.2) is 18.7 Å². The van der Waals surface area contributed by atoms with Crippen LogP contribution in [0.5, 0.6) is 0 Å². The van der Waals surface area contributed by atoms with Gasteiger partial charge in [0.15, 0.2) is 0 Å². The largest absolute Gasteiger partial charge is 0.352 e. The van der Waals surface area contributed by atoms with E-state index in [4.69, 9.17) is 4.99 Å². The minimum Gasteiger partial charge on any atom is -0.352 e. The monoisotopic (exact) mass is 464 g/mol. The smallest absolute Gasteiger partial charge is 0.254 e. The van der Waals surface area contributed by atoms with Gasteiger partial charge >= 0.3 is 0 Å². The Bertz CT molecular complexity index is 1020. The van der Waals surface area contributed by atoms with Gasteiger partial charge in [0.25, 0.3) is 5.91 Å². The number of allylic oxidation sites excluding steroid dienone is 2. The highest BCUT2D eigenvalue weighted by Crippen LogP contribution is 2.38. The van der Waals surface area contributed by atoms with E-state index in [9.17, 15) is 4.79 Å². The zero-order chi connectivity index (χ0) is 25.3. The number of halogens is 1. The maximum Gasteiger partial charge on any atom is 0.254 e. The number of benzene rings is 2. The predicted octanol–water partition coefficient (Wildman–Crippen LogP) is 7.76. The number of nitrogens with one attached hydrogen (secondary N) is 1. The Balaban J connectivity index is 0.00000199. The van der Waals surface area contributed by atoms with Gasteiger partial charge in [-0.2, -0.15) is 0 Å². The summed E-state index contributed by atoms with van der Waals surface area (Å²) in [6.07, 6.45) is 6.89. The lowest BCUT2D eigenvalue weighted by Gasteiger charge is -2.25. The molecule has 0 radical (unpaired) electrons. The van der Waals surface area contributed by atoms with E-state index in [-0.39, 0.29) is 17.4 Å². The van der Waals surface area contributed by atoms with Crippen molar-refractivity contribution in [2.24, 2.45) is 16.8 Å². The molecule has 2 atom stereocenters. The van der Waals surface area contributed by atoms with Crippen LogP contribution in [0.15, 0.2) is 53.2 Å². The minimum absolute atomic E-state index is 0.0949. The number of hydrogen-bond donors (Lipinski definition) is 1. The molecule has 1 heterocycles. The Hall–Kier alpha value is -2.75. The summed E-state index contributed by atoms with van der Waals surface area (Å²) in [7, 11) is 0. The number of aryl methyl sites for hydroxylation is 1. The molecule has 34 heavy (non-hydrogen) atoms. The second-order valence-electron chi connectivity index (χ2n) is 8.94. The second-order valence-corrected chi connectivity index (χ2v) is 8.94. The fraction of sp³-hybridized carbons (Fsp3) is 0.467. The highest BCUT2D eigenvalue weighted by Gasteiger charge is 2.27. The van der Waals surface area contributed by atoms with Gasteiger partial charge in [-0.1, -0.05) is 83.9 Å². The third kappa shape index (κ3) is 6.43. The van der Waals surface area contributed by atoms with Gasteiger partial charge in [-0.25, -0.2) is 4.39 Å². The van der Waals surface area contributed by atoms with E-state index < -0.39 is 5.82 Å². The van der Waals surface area contributed by atoms with E-state index in [0.29, 0.717) is 23.9 Å². The van der Waals surface area contributed by atoms with Gasteiger partial charge in [0.1, 0.15) is 5.82 Å². The molecule has 1 N–H and O–H groups in total. The molecule has 2 unspecified atom stereocenters. The summed E-state index contributed by atoms with van der Waals surface area (Å²) >= 11 is 0. The summed E-state index contributed by atoms with van der Waals surface area (Å²) in [5, 5.41) is 2.93. The molecule has 0 fully saturated rings. The quantitative estimate of drug-likeness (QED) is 0.426. The van der Waals surface area contributed by atoms with Crippen molar-refractivity contribution in [3.63, 3.8) is 0 Å². The summed E-state index contributed by atoms with van der Waals surface area (Å²) in [6.45, 7) is 15.0. The van der Waals surface area contributed by atoms with Gasteiger partial charge in [0.05, 0.1) is 11.5 Å². The van der Waals surface area contributed by atoms with Gasteiger partial charge < -0.3 is 5.32 Å². The number of amides is 1. The molecule has 184 valence electrons.